The molecule has 2 N–H and O–H groups in total. The molecule has 92 valence electrons. The maximum absolute atomic E-state index is 12.3. The van der Waals surface area contributed by atoms with Gasteiger partial charge in [-0.15, -0.1) is 0 Å². The maximum Gasteiger partial charge on any atom is 0.229 e. The first-order valence-corrected chi connectivity index (χ1v) is 6.26. The summed E-state index contributed by atoms with van der Waals surface area (Å²) in [5.41, 5.74) is 6.89. The molecule has 3 heteroatoms. The van der Waals surface area contributed by atoms with Gasteiger partial charge in [0.2, 0.25) is 5.91 Å². The van der Waals surface area contributed by atoms with Gasteiger partial charge in [0.1, 0.15) is 0 Å². The third kappa shape index (κ3) is 2.86. The van der Waals surface area contributed by atoms with Crippen LogP contribution in [0.5, 0.6) is 0 Å². The first-order chi connectivity index (χ1) is 8.18. The zero-order valence-electron chi connectivity index (χ0n) is 10.3. The summed E-state index contributed by atoms with van der Waals surface area (Å²) in [5.74, 6) is 0.301. The Balaban J connectivity index is 2.04. The van der Waals surface area contributed by atoms with Crippen molar-refractivity contribution in [1.82, 2.24) is 0 Å². The van der Waals surface area contributed by atoms with Crippen molar-refractivity contribution in [2.75, 3.05) is 11.9 Å². The Morgan fingerprint density at radius 3 is 2.65 bits per heavy atom. The van der Waals surface area contributed by atoms with Crippen molar-refractivity contribution < 1.29 is 4.79 Å². The van der Waals surface area contributed by atoms with Crippen molar-refractivity contribution in [3.8, 4) is 0 Å². The fraction of sp³-hybridized carbons (Fsp3) is 0.500. The molecule has 1 fully saturated rings. The molecule has 1 aromatic rings. The average Bonchev–Trinajstić information content (AvgIpc) is 2.38. The summed E-state index contributed by atoms with van der Waals surface area (Å²) >= 11 is 0. The van der Waals surface area contributed by atoms with Gasteiger partial charge in [-0.3, -0.25) is 4.79 Å². The Labute approximate surface area is 103 Å². The monoisotopic (exact) mass is 232 g/mol. The summed E-state index contributed by atoms with van der Waals surface area (Å²) in [6.45, 7) is 0. The number of hydrogen-bond acceptors (Lipinski definition) is 2. The van der Waals surface area contributed by atoms with E-state index in [2.05, 4.69) is 0 Å². The van der Waals surface area contributed by atoms with Crippen LogP contribution in [-0.2, 0) is 4.79 Å². The highest BCUT2D eigenvalue weighted by Crippen LogP contribution is 2.26. The van der Waals surface area contributed by atoms with Crippen LogP contribution in [0.2, 0.25) is 0 Å². The van der Waals surface area contributed by atoms with Gasteiger partial charge in [0, 0.05) is 24.7 Å². The topological polar surface area (TPSA) is 46.3 Å². The van der Waals surface area contributed by atoms with Crippen molar-refractivity contribution in [3.63, 3.8) is 0 Å². The van der Waals surface area contributed by atoms with Crippen LogP contribution in [0.4, 0.5) is 5.69 Å². The van der Waals surface area contributed by atoms with Crippen LogP contribution in [0.15, 0.2) is 30.3 Å². The van der Waals surface area contributed by atoms with Crippen LogP contribution in [0, 0.1) is 5.92 Å². The molecule has 0 aromatic heterocycles. The second-order valence-corrected chi connectivity index (χ2v) is 4.86. The highest BCUT2D eigenvalue weighted by atomic mass is 16.2. The van der Waals surface area contributed by atoms with E-state index in [1.807, 2.05) is 37.4 Å². The van der Waals surface area contributed by atoms with E-state index in [4.69, 9.17) is 5.73 Å². The predicted octanol–water partition coefficient (Wildman–Crippen LogP) is 2.17. The molecular weight excluding hydrogens is 212 g/mol. The number of benzene rings is 1. The van der Waals surface area contributed by atoms with Gasteiger partial charge in [0.15, 0.2) is 0 Å². The molecule has 0 radical (unpaired) electrons. The molecule has 0 bridgehead atoms. The van der Waals surface area contributed by atoms with E-state index in [1.54, 1.807) is 4.90 Å². The molecule has 1 aliphatic carbocycles. The molecule has 1 aliphatic rings. The normalized spacial score (nSPS) is 24.4. The van der Waals surface area contributed by atoms with E-state index in [0.717, 1.165) is 31.4 Å². The van der Waals surface area contributed by atoms with E-state index >= 15 is 0 Å². The lowest BCUT2D eigenvalue weighted by atomic mass is 9.85. The van der Waals surface area contributed by atoms with Gasteiger partial charge in [0.25, 0.3) is 0 Å². The number of hydrogen-bond donors (Lipinski definition) is 1. The summed E-state index contributed by atoms with van der Waals surface area (Å²) in [6, 6.07) is 9.97. The average molecular weight is 232 g/mol. The van der Waals surface area contributed by atoms with Crippen LogP contribution in [0.1, 0.15) is 25.7 Å². The molecule has 0 aliphatic heterocycles. The lowest BCUT2D eigenvalue weighted by Crippen LogP contribution is -2.38. The molecule has 2 atom stereocenters. The number of anilines is 1. The Morgan fingerprint density at radius 1 is 1.29 bits per heavy atom. The van der Waals surface area contributed by atoms with Gasteiger partial charge in [0.05, 0.1) is 0 Å². The van der Waals surface area contributed by atoms with Crippen LogP contribution >= 0.6 is 0 Å². The molecule has 2 unspecified atom stereocenters. The van der Waals surface area contributed by atoms with Gasteiger partial charge in [-0.2, -0.15) is 0 Å². The zero-order valence-corrected chi connectivity index (χ0v) is 10.3. The number of rotatable bonds is 2. The minimum atomic E-state index is 0.101. The second-order valence-electron chi connectivity index (χ2n) is 4.86. The molecule has 3 nitrogen and oxygen atoms in total. The number of para-hydroxylation sites is 1. The summed E-state index contributed by atoms with van der Waals surface area (Å²) in [4.78, 5) is 14.1. The van der Waals surface area contributed by atoms with E-state index in [9.17, 15) is 4.79 Å². The highest BCUT2D eigenvalue weighted by Gasteiger charge is 2.27. The Morgan fingerprint density at radius 2 is 2.00 bits per heavy atom. The third-order valence-corrected chi connectivity index (χ3v) is 3.54. The summed E-state index contributed by atoms with van der Waals surface area (Å²) in [7, 11) is 1.85. The molecule has 0 spiro atoms. The van der Waals surface area contributed by atoms with Gasteiger partial charge < -0.3 is 10.6 Å². The van der Waals surface area contributed by atoms with E-state index in [1.165, 1.54) is 0 Å². The molecule has 1 saturated carbocycles. The molecule has 0 heterocycles. The van der Waals surface area contributed by atoms with Crippen molar-refractivity contribution in [1.29, 1.82) is 0 Å². The fourth-order valence-corrected chi connectivity index (χ4v) is 2.50. The molecule has 1 aromatic carbocycles. The van der Waals surface area contributed by atoms with Crippen LogP contribution in [0.25, 0.3) is 0 Å². The smallest absolute Gasteiger partial charge is 0.229 e. The van der Waals surface area contributed by atoms with Crippen LogP contribution in [0.3, 0.4) is 0 Å². The van der Waals surface area contributed by atoms with Gasteiger partial charge >= 0.3 is 0 Å². The molecule has 17 heavy (non-hydrogen) atoms. The lowest BCUT2D eigenvalue weighted by molar-refractivity contribution is -0.123. The quantitative estimate of drug-likeness (QED) is 0.849. The van der Waals surface area contributed by atoms with E-state index in [0.29, 0.717) is 0 Å². The van der Waals surface area contributed by atoms with Gasteiger partial charge in [-0.05, 0) is 31.4 Å². The first kappa shape index (κ1) is 12.1. The summed E-state index contributed by atoms with van der Waals surface area (Å²) in [5, 5.41) is 0. The highest BCUT2D eigenvalue weighted by molar-refractivity contribution is 5.94. The van der Waals surface area contributed by atoms with E-state index < -0.39 is 0 Å². The Hall–Kier alpha value is -1.35. The van der Waals surface area contributed by atoms with Gasteiger partial charge in [-0.25, -0.2) is 0 Å². The third-order valence-electron chi connectivity index (χ3n) is 3.54. The van der Waals surface area contributed by atoms with Crippen molar-refractivity contribution in [2.45, 2.75) is 31.7 Å². The zero-order chi connectivity index (χ0) is 12.3. The fourth-order valence-electron chi connectivity index (χ4n) is 2.50. The Kier molecular flexibility index (Phi) is 3.79. The second kappa shape index (κ2) is 5.32. The lowest BCUT2D eigenvalue weighted by Gasteiger charge is -2.29. The van der Waals surface area contributed by atoms with Crippen molar-refractivity contribution in [3.05, 3.63) is 30.3 Å². The van der Waals surface area contributed by atoms with Crippen LogP contribution < -0.4 is 10.6 Å². The minimum absolute atomic E-state index is 0.101. The number of amides is 1. The molecule has 0 saturated heterocycles. The number of carbonyl (C=O) groups excluding carboxylic acids is 1. The predicted molar refractivity (Wildman–Crippen MR) is 69.8 cm³/mol. The molecular formula is C14H20N2O. The first-order valence-electron chi connectivity index (χ1n) is 6.26. The number of nitrogens with zero attached hydrogens (tertiary/aromatic N) is 1. The van der Waals surface area contributed by atoms with Crippen molar-refractivity contribution >= 4 is 11.6 Å². The number of carbonyl (C=O) groups is 1. The van der Waals surface area contributed by atoms with Crippen molar-refractivity contribution in [2.24, 2.45) is 11.7 Å². The largest absolute Gasteiger partial charge is 0.328 e. The van der Waals surface area contributed by atoms with Crippen LogP contribution in [-0.4, -0.2) is 19.0 Å². The minimum Gasteiger partial charge on any atom is -0.328 e. The summed E-state index contributed by atoms with van der Waals surface area (Å²) < 4.78 is 0. The van der Waals surface area contributed by atoms with Gasteiger partial charge in [-0.1, -0.05) is 24.6 Å². The summed E-state index contributed by atoms with van der Waals surface area (Å²) in [6.07, 6.45) is 3.93. The number of nitrogens with two attached hydrogens (primary N) is 1. The molecule has 1 amide bonds. The van der Waals surface area contributed by atoms with E-state index in [-0.39, 0.29) is 17.9 Å². The SMILES string of the molecule is CN(C(=O)C1CCCC(N)C1)c1ccccc1. The maximum atomic E-state index is 12.3. The standard InChI is InChI=1S/C14H20N2O/c1-16(13-8-3-2-4-9-13)14(17)11-6-5-7-12(15)10-11/h2-4,8-9,11-12H,5-7,10,15H2,1H3. The molecule has 2 rings (SSSR count). The Bertz CT molecular complexity index is 377.